The normalized spacial score (nSPS) is 15.4. The maximum atomic E-state index is 12.2. The van der Waals surface area contributed by atoms with Crippen molar-refractivity contribution in [1.82, 2.24) is 20.5 Å². The van der Waals surface area contributed by atoms with E-state index >= 15 is 0 Å². The number of hydrogen-bond donors (Lipinski definition) is 2. The number of amides is 2. The van der Waals surface area contributed by atoms with Crippen LogP contribution in [0, 0.1) is 0 Å². The fourth-order valence-corrected chi connectivity index (χ4v) is 3.41. The van der Waals surface area contributed by atoms with Gasteiger partial charge in [0.2, 0.25) is 0 Å². The number of aryl methyl sites for hydroxylation is 1. The number of hydrogen-bond acceptors (Lipinski definition) is 5. The molecule has 2 aromatic rings. The van der Waals surface area contributed by atoms with E-state index in [1.165, 1.54) is 5.56 Å². The Morgan fingerprint density at radius 3 is 2.52 bits per heavy atom. The second-order valence-corrected chi connectivity index (χ2v) is 7.01. The number of rotatable bonds is 8. The molecule has 0 radical (unpaired) electrons. The van der Waals surface area contributed by atoms with Crippen LogP contribution in [0.25, 0.3) is 0 Å². The van der Waals surface area contributed by atoms with Crippen molar-refractivity contribution in [2.75, 3.05) is 39.4 Å². The van der Waals surface area contributed by atoms with E-state index in [4.69, 9.17) is 4.74 Å². The Morgan fingerprint density at radius 2 is 1.79 bits per heavy atom. The van der Waals surface area contributed by atoms with Gasteiger partial charge in [-0.05, 0) is 30.0 Å². The fourth-order valence-electron chi connectivity index (χ4n) is 3.41. The highest BCUT2D eigenvalue weighted by molar-refractivity contribution is 6.35. The molecule has 1 atom stereocenters. The van der Waals surface area contributed by atoms with Crippen molar-refractivity contribution in [3.05, 3.63) is 66.0 Å². The molecular weight excluding hydrogens is 368 g/mol. The number of benzene rings is 1. The molecule has 0 unspecified atom stereocenters. The first-order chi connectivity index (χ1) is 14.2. The molecule has 0 aliphatic carbocycles. The SMILES string of the molecule is O=C(NCCCc1ccccc1)C(=O)NC[C@H](c1cccnc1)N1CCOCC1. The lowest BCUT2D eigenvalue weighted by molar-refractivity contribution is -0.139. The van der Waals surface area contributed by atoms with Gasteiger partial charge in [-0.25, -0.2) is 0 Å². The van der Waals surface area contributed by atoms with E-state index in [2.05, 4.69) is 32.7 Å². The first kappa shape index (κ1) is 21.0. The van der Waals surface area contributed by atoms with Gasteiger partial charge in [0.1, 0.15) is 0 Å². The zero-order valence-corrected chi connectivity index (χ0v) is 16.5. The quantitative estimate of drug-likeness (QED) is 0.519. The van der Waals surface area contributed by atoms with Crippen LogP contribution in [0.15, 0.2) is 54.9 Å². The molecule has 7 nitrogen and oxygen atoms in total. The van der Waals surface area contributed by atoms with Crippen LogP contribution in [0.3, 0.4) is 0 Å². The standard InChI is InChI=1S/C22H28N4O3/c27-21(24-11-4-8-18-6-2-1-3-7-18)22(28)25-17-20(19-9-5-10-23-16-19)26-12-14-29-15-13-26/h1-3,5-7,9-10,16,20H,4,8,11-15,17H2,(H,24,27)(H,25,28)/t20-/m1/s1. The van der Waals surface area contributed by atoms with Crippen LogP contribution in [0.2, 0.25) is 0 Å². The van der Waals surface area contributed by atoms with Crippen LogP contribution in [-0.2, 0) is 20.7 Å². The molecule has 7 heteroatoms. The minimum absolute atomic E-state index is 0.0394. The lowest BCUT2D eigenvalue weighted by Gasteiger charge is -2.34. The largest absolute Gasteiger partial charge is 0.379 e. The third-order valence-corrected chi connectivity index (χ3v) is 4.99. The average molecular weight is 396 g/mol. The van der Waals surface area contributed by atoms with Crippen LogP contribution >= 0.6 is 0 Å². The Bertz CT molecular complexity index is 764. The summed E-state index contributed by atoms with van der Waals surface area (Å²) in [5, 5.41) is 5.47. The molecule has 2 heterocycles. The Hall–Kier alpha value is -2.77. The zero-order chi connectivity index (χ0) is 20.3. The summed E-state index contributed by atoms with van der Waals surface area (Å²) in [5.41, 5.74) is 2.23. The van der Waals surface area contributed by atoms with E-state index < -0.39 is 11.8 Å². The Morgan fingerprint density at radius 1 is 1.03 bits per heavy atom. The van der Waals surface area contributed by atoms with Gasteiger partial charge in [-0.15, -0.1) is 0 Å². The van der Waals surface area contributed by atoms with Gasteiger partial charge in [0.25, 0.3) is 0 Å². The molecular formula is C22H28N4O3. The van der Waals surface area contributed by atoms with Crippen molar-refractivity contribution >= 4 is 11.8 Å². The second-order valence-electron chi connectivity index (χ2n) is 7.01. The molecule has 154 valence electrons. The van der Waals surface area contributed by atoms with Gasteiger partial charge in [0.05, 0.1) is 19.3 Å². The minimum atomic E-state index is -0.605. The minimum Gasteiger partial charge on any atom is -0.379 e. The molecule has 0 spiro atoms. The summed E-state index contributed by atoms with van der Waals surface area (Å²) in [4.78, 5) is 30.8. The highest BCUT2D eigenvalue weighted by Gasteiger charge is 2.24. The molecule has 1 saturated heterocycles. The molecule has 2 N–H and O–H groups in total. The zero-order valence-electron chi connectivity index (χ0n) is 16.5. The molecule has 1 aliphatic heterocycles. The molecule has 29 heavy (non-hydrogen) atoms. The molecule has 1 aromatic heterocycles. The number of nitrogens with one attached hydrogen (secondary N) is 2. The van der Waals surface area contributed by atoms with E-state index in [0.717, 1.165) is 31.5 Å². The smallest absolute Gasteiger partial charge is 0.309 e. The van der Waals surface area contributed by atoms with Crippen molar-refractivity contribution in [3.8, 4) is 0 Å². The van der Waals surface area contributed by atoms with Crippen molar-refractivity contribution < 1.29 is 14.3 Å². The van der Waals surface area contributed by atoms with Gasteiger partial charge in [-0.2, -0.15) is 0 Å². The van der Waals surface area contributed by atoms with E-state index in [1.807, 2.05) is 30.3 Å². The van der Waals surface area contributed by atoms with E-state index in [-0.39, 0.29) is 6.04 Å². The van der Waals surface area contributed by atoms with Crippen molar-refractivity contribution in [3.63, 3.8) is 0 Å². The lowest BCUT2D eigenvalue weighted by atomic mass is 10.1. The van der Waals surface area contributed by atoms with E-state index in [1.54, 1.807) is 12.4 Å². The van der Waals surface area contributed by atoms with Gasteiger partial charge in [0, 0.05) is 38.6 Å². The Balaban J connectivity index is 1.45. The Kier molecular flexibility index (Phi) is 8.15. The number of carbonyl (C=O) groups is 2. The predicted octanol–water partition coefficient (Wildman–Crippen LogP) is 1.32. The summed E-state index contributed by atoms with van der Waals surface area (Å²) in [6.45, 7) is 3.69. The van der Waals surface area contributed by atoms with Crippen LogP contribution in [-0.4, -0.2) is 61.1 Å². The third-order valence-electron chi connectivity index (χ3n) is 4.99. The molecule has 3 rings (SSSR count). The number of ether oxygens (including phenoxy) is 1. The van der Waals surface area contributed by atoms with Crippen LogP contribution < -0.4 is 10.6 Å². The third kappa shape index (κ3) is 6.66. The van der Waals surface area contributed by atoms with E-state index in [0.29, 0.717) is 26.3 Å². The number of morpholine rings is 1. The summed E-state index contributed by atoms with van der Waals surface area (Å²) in [6.07, 6.45) is 5.18. The first-order valence-corrected chi connectivity index (χ1v) is 10.1. The van der Waals surface area contributed by atoms with Crippen LogP contribution in [0.4, 0.5) is 0 Å². The maximum absolute atomic E-state index is 12.2. The molecule has 2 amide bonds. The molecule has 1 fully saturated rings. The maximum Gasteiger partial charge on any atom is 0.309 e. The Labute approximate surface area is 171 Å². The van der Waals surface area contributed by atoms with Crippen LogP contribution in [0.5, 0.6) is 0 Å². The van der Waals surface area contributed by atoms with Gasteiger partial charge < -0.3 is 15.4 Å². The van der Waals surface area contributed by atoms with Crippen LogP contribution in [0.1, 0.15) is 23.6 Å². The summed E-state index contributed by atoms with van der Waals surface area (Å²) in [6, 6.07) is 13.9. The molecule has 1 aliphatic rings. The monoisotopic (exact) mass is 396 g/mol. The average Bonchev–Trinajstić information content (AvgIpc) is 2.79. The highest BCUT2D eigenvalue weighted by atomic mass is 16.5. The van der Waals surface area contributed by atoms with Crippen molar-refractivity contribution in [2.24, 2.45) is 0 Å². The highest BCUT2D eigenvalue weighted by Crippen LogP contribution is 2.20. The summed E-state index contributed by atoms with van der Waals surface area (Å²) in [5.74, 6) is -1.20. The lowest BCUT2D eigenvalue weighted by Crippen LogP contribution is -2.46. The molecule has 0 saturated carbocycles. The summed E-state index contributed by atoms with van der Waals surface area (Å²) < 4.78 is 5.43. The number of aromatic nitrogens is 1. The van der Waals surface area contributed by atoms with E-state index in [9.17, 15) is 9.59 Å². The van der Waals surface area contributed by atoms with Gasteiger partial charge in [-0.3, -0.25) is 19.5 Å². The number of pyridine rings is 1. The number of nitrogens with zero attached hydrogens (tertiary/aromatic N) is 2. The summed E-state index contributed by atoms with van der Waals surface area (Å²) >= 11 is 0. The second kappa shape index (κ2) is 11.3. The molecule has 0 bridgehead atoms. The van der Waals surface area contributed by atoms with Gasteiger partial charge in [0.15, 0.2) is 0 Å². The fraction of sp³-hybridized carbons (Fsp3) is 0.409. The van der Waals surface area contributed by atoms with Gasteiger partial charge in [-0.1, -0.05) is 36.4 Å². The predicted molar refractivity (Wildman–Crippen MR) is 110 cm³/mol. The first-order valence-electron chi connectivity index (χ1n) is 10.1. The van der Waals surface area contributed by atoms with Crippen molar-refractivity contribution in [1.29, 1.82) is 0 Å². The number of carbonyl (C=O) groups excluding carboxylic acids is 2. The van der Waals surface area contributed by atoms with Crippen molar-refractivity contribution in [2.45, 2.75) is 18.9 Å². The topological polar surface area (TPSA) is 83.6 Å². The summed E-state index contributed by atoms with van der Waals surface area (Å²) in [7, 11) is 0. The van der Waals surface area contributed by atoms with Gasteiger partial charge >= 0.3 is 11.8 Å². The molecule has 1 aromatic carbocycles.